The van der Waals surface area contributed by atoms with Crippen LogP contribution in [0.15, 0.2) is 134 Å². The zero-order valence-electron chi connectivity index (χ0n) is 41.6. The number of unbranched alkanes of at least 4 members (excludes halogenated alkanes) is 12. The number of rotatable bonds is 30. The molecule has 0 bridgehead atoms. The SMILES string of the molecule is CCCCCCCCCCC(F)COc1ccc(Oc2ccc(-c3ccc(CC)cn3)cc2)cc1.CCCCCCOc1ccc(-c2ccc(Oc3ccc(OC(=O)CCCCC)cc3)cc2)nc1. The first-order chi connectivity index (χ1) is 33.8. The molecule has 0 fully saturated rings. The molecule has 368 valence electrons. The number of aryl methyl sites for hydroxylation is 1. The maximum Gasteiger partial charge on any atom is 0.311 e. The average Bonchev–Trinajstić information content (AvgIpc) is 3.38. The fourth-order valence-electron chi connectivity index (χ4n) is 7.47. The van der Waals surface area contributed by atoms with Gasteiger partial charge in [0.05, 0.1) is 24.2 Å². The molecule has 0 saturated carbocycles. The molecule has 0 N–H and O–H groups in total. The third-order valence-corrected chi connectivity index (χ3v) is 11.7. The summed E-state index contributed by atoms with van der Waals surface area (Å²) in [5.41, 5.74) is 5.12. The molecule has 8 nitrogen and oxygen atoms in total. The van der Waals surface area contributed by atoms with Gasteiger partial charge in [-0.1, -0.05) is 117 Å². The van der Waals surface area contributed by atoms with E-state index in [2.05, 4.69) is 43.7 Å². The first kappa shape index (κ1) is 53.7. The van der Waals surface area contributed by atoms with Crippen molar-refractivity contribution < 1.29 is 32.9 Å². The third-order valence-electron chi connectivity index (χ3n) is 11.7. The van der Waals surface area contributed by atoms with Gasteiger partial charge in [0.1, 0.15) is 53.0 Å². The lowest BCUT2D eigenvalue weighted by molar-refractivity contribution is -0.134. The van der Waals surface area contributed by atoms with Crippen molar-refractivity contribution in [2.75, 3.05) is 13.2 Å². The van der Waals surface area contributed by atoms with Gasteiger partial charge in [-0.25, -0.2) is 4.39 Å². The number of halogens is 1. The van der Waals surface area contributed by atoms with Crippen LogP contribution in [0.25, 0.3) is 22.5 Å². The van der Waals surface area contributed by atoms with Crippen molar-refractivity contribution in [1.29, 1.82) is 0 Å². The fourth-order valence-corrected chi connectivity index (χ4v) is 7.47. The molecule has 1 unspecified atom stereocenters. The number of ether oxygens (including phenoxy) is 5. The largest absolute Gasteiger partial charge is 0.492 e. The molecule has 0 amide bonds. The first-order valence-electron chi connectivity index (χ1n) is 25.6. The van der Waals surface area contributed by atoms with Gasteiger partial charge in [-0.15, -0.1) is 0 Å². The molecule has 0 aliphatic rings. The molecule has 0 aliphatic carbocycles. The number of hydrogen-bond donors (Lipinski definition) is 0. The van der Waals surface area contributed by atoms with E-state index in [1.807, 2.05) is 97.2 Å². The van der Waals surface area contributed by atoms with E-state index >= 15 is 0 Å². The maximum absolute atomic E-state index is 14.2. The van der Waals surface area contributed by atoms with Crippen molar-refractivity contribution in [2.45, 2.75) is 149 Å². The summed E-state index contributed by atoms with van der Waals surface area (Å²) in [5.74, 6) is 4.66. The Morgan fingerprint density at radius 2 is 0.913 bits per heavy atom. The summed E-state index contributed by atoms with van der Waals surface area (Å²) in [6, 6.07) is 38.2. The van der Waals surface area contributed by atoms with Crippen molar-refractivity contribution in [3.05, 3.63) is 139 Å². The standard InChI is InChI=1S/C31H40FNO2.C29H35NO4/c1-3-5-6-7-8-9-10-11-12-27(32)24-34-28-18-20-30(21-19-28)35-29-16-14-26(15-17-29)31-22-13-25(4-2)23-33-31;1-3-5-7-9-21-32-27-19-20-28(30-22-27)23-11-13-24(14-12-23)33-25-15-17-26(18-16-25)34-29(31)10-8-6-4-2/h13-23,27H,3-12,24H2,1-2H3;11-20,22H,3-10,21H2,1-2H3. The summed E-state index contributed by atoms with van der Waals surface area (Å²) in [5, 5.41) is 0. The van der Waals surface area contributed by atoms with Crippen LogP contribution in [0.4, 0.5) is 4.39 Å². The summed E-state index contributed by atoms with van der Waals surface area (Å²) in [6.07, 6.45) is 22.3. The molecule has 9 heteroatoms. The molecule has 69 heavy (non-hydrogen) atoms. The smallest absolute Gasteiger partial charge is 0.311 e. The zero-order chi connectivity index (χ0) is 48.7. The van der Waals surface area contributed by atoms with E-state index in [1.54, 1.807) is 30.5 Å². The van der Waals surface area contributed by atoms with E-state index in [0.717, 1.165) is 91.3 Å². The quantitative estimate of drug-likeness (QED) is 0.0251. The number of benzene rings is 4. The predicted octanol–water partition coefficient (Wildman–Crippen LogP) is 17.3. The zero-order valence-corrected chi connectivity index (χ0v) is 41.6. The Bertz CT molecular complexity index is 2270. The van der Waals surface area contributed by atoms with Crippen molar-refractivity contribution >= 4 is 5.97 Å². The van der Waals surface area contributed by atoms with Gasteiger partial charge in [-0.3, -0.25) is 14.8 Å². The molecule has 4 aromatic carbocycles. The number of hydrogen-bond acceptors (Lipinski definition) is 8. The summed E-state index contributed by atoms with van der Waals surface area (Å²) in [4.78, 5) is 20.9. The second kappa shape index (κ2) is 31.8. The summed E-state index contributed by atoms with van der Waals surface area (Å²) in [6.45, 7) is 9.50. The lowest BCUT2D eigenvalue weighted by Crippen LogP contribution is -2.12. The minimum Gasteiger partial charge on any atom is -0.492 e. The van der Waals surface area contributed by atoms with Crippen LogP contribution in [-0.4, -0.2) is 35.3 Å². The van der Waals surface area contributed by atoms with Gasteiger partial charge in [-0.2, -0.15) is 0 Å². The number of alkyl halides is 1. The lowest BCUT2D eigenvalue weighted by atomic mass is 10.1. The van der Waals surface area contributed by atoms with Gasteiger partial charge >= 0.3 is 5.97 Å². The molecule has 2 aromatic heterocycles. The highest BCUT2D eigenvalue weighted by molar-refractivity contribution is 5.72. The highest BCUT2D eigenvalue weighted by atomic mass is 19.1. The van der Waals surface area contributed by atoms with Gasteiger partial charge in [0.15, 0.2) is 0 Å². The normalized spacial score (nSPS) is 11.3. The molecular formula is C60H75FN2O6. The van der Waals surface area contributed by atoms with Crippen LogP contribution >= 0.6 is 0 Å². The van der Waals surface area contributed by atoms with Crippen molar-refractivity contribution in [3.63, 3.8) is 0 Å². The van der Waals surface area contributed by atoms with Crippen molar-refractivity contribution in [2.24, 2.45) is 0 Å². The monoisotopic (exact) mass is 939 g/mol. The lowest BCUT2D eigenvalue weighted by Gasteiger charge is -2.11. The molecule has 0 radical (unpaired) electrons. The van der Waals surface area contributed by atoms with Crippen LogP contribution in [0.5, 0.6) is 40.2 Å². The van der Waals surface area contributed by atoms with E-state index < -0.39 is 6.17 Å². The van der Waals surface area contributed by atoms with E-state index in [1.165, 1.54) is 63.4 Å². The van der Waals surface area contributed by atoms with Crippen LogP contribution in [0.3, 0.4) is 0 Å². The maximum atomic E-state index is 14.2. The molecule has 6 rings (SSSR count). The van der Waals surface area contributed by atoms with Gasteiger partial charge in [0.25, 0.3) is 0 Å². The van der Waals surface area contributed by atoms with Crippen LogP contribution in [0, 0.1) is 0 Å². The van der Waals surface area contributed by atoms with Crippen LogP contribution in [0.2, 0.25) is 0 Å². The van der Waals surface area contributed by atoms with E-state index in [4.69, 9.17) is 23.7 Å². The number of aromatic nitrogens is 2. The van der Waals surface area contributed by atoms with Gasteiger partial charge in [0, 0.05) is 23.7 Å². The van der Waals surface area contributed by atoms with Crippen LogP contribution in [0.1, 0.15) is 142 Å². The van der Waals surface area contributed by atoms with Crippen LogP contribution in [-0.2, 0) is 11.2 Å². The molecule has 6 aromatic rings. The Morgan fingerprint density at radius 1 is 0.464 bits per heavy atom. The van der Waals surface area contributed by atoms with Gasteiger partial charge < -0.3 is 23.7 Å². The predicted molar refractivity (Wildman–Crippen MR) is 279 cm³/mol. The topological polar surface area (TPSA) is 89.0 Å². The molecule has 0 saturated heterocycles. The second-order valence-electron chi connectivity index (χ2n) is 17.5. The molecule has 2 heterocycles. The number of carbonyl (C=O) groups is 1. The summed E-state index contributed by atoms with van der Waals surface area (Å²) < 4.78 is 42.8. The molecule has 0 aliphatic heterocycles. The minimum atomic E-state index is -0.919. The number of nitrogens with zero attached hydrogens (tertiary/aromatic N) is 2. The van der Waals surface area contributed by atoms with E-state index in [0.29, 0.717) is 35.8 Å². The summed E-state index contributed by atoms with van der Waals surface area (Å²) in [7, 11) is 0. The number of carbonyl (C=O) groups excluding carboxylic acids is 1. The third kappa shape index (κ3) is 20.9. The van der Waals surface area contributed by atoms with Gasteiger partial charge in [0.2, 0.25) is 0 Å². The molecule has 0 spiro atoms. The molecule has 1 atom stereocenters. The average molecular weight is 939 g/mol. The highest BCUT2D eigenvalue weighted by Gasteiger charge is 2.10. The van der Waals surface area contributed by atoms with Crippen molar-refractivity contribution in [3.8, 4) is 62.8 Å². The minimum absolute atomic E-state index is 0.103. The number of pyridine rings is 2. The Balaban J connectivity index is 0.000000258. The summed E-state index contributed by atoms with van der Waals surface area (Å²) >= 11 is 0. The fraction of sp³-hybridized carbons (Fsp3) is 0.417. The Hall–Kier alpha value is -6.22. The second-order valence-corrected chi connectivity index (χ2v) is 17.5. The van der Waals surface area contributed by atoms with Crippen molar-refractivity contribution in [1.82, 2.24) is 9.97 Å². The van der Waals surface area contributed by atoms with E-state index in [-0.39, 0.29) is 12.6 Å². The van der Waals surface area contributed by atoms with Gasteiger partial charge in [-0.05, 0) is 147 Å². The van der Waals surface area contributed by atoms with Crippen LogP contribution < -0.4 is 23.7 Å². The Labute approximate surface area is 412 Å². The first-order valence-corrected chi connectivity index (χ1v) is 25.6. The highest BCUT2D eigenvalue weighted by Crippen LogP contribution is 2.29. The Morgan fingerprint density at radius 3 is 1.42 bits per heavy atom. The number of esters is 1. The Kier molecular flexibility index (Phi) is 24.7. The van der Waals surface area contributed by atoms with E-state index in [9.17, 15) is 9.18 Å². The molecular weight excluding hydrogens is 864 g/mol.